The quantitative estimate of drug-likeness (QED) is 0.736. The predicted molar refractivity (Wildman–Crippen MR) is 65.0 cm³/mol. The van der Waals surface area contributed by atoms with Gasteiger partial charge in [0.1, 0.15) is 0 Å². The summed E-state index contributed by atoms with van der Waals surface area (Å²) in [5.74, 6) is 0. The van der Waals surface area contributed by atoms with Crippen LogP contribution in [0.1, 0.15) is 10.0 Å². The summed E-state index contributed by atoms with van der Waals surface area (Å²) in [6, 6.07) is 0. The fourth-order valence-corrected chi connectivity index (χ4v) is 2.69. The minimum atomic E-state index is 0.931. The molecule has 3 rings (SSSR count). The van der Waals surface area contributed by atoms with E-state index in [-0.39, 0.29) is 0 Å². The Labute approximate surface area is 96.1 Å². The van der Waals surface area contributed by atoms with E-state index in [1.54, 1.807) is 42.0 Å². The summed E-state index contributed by atoms with van der Waals surface area (Å²) in [5.41, 5.74) is 2.00. The van der Waals surface area contributed by atoms with Crippen molar-refractivity contribution in [1.29, 1.82) is 0 Å². The third kappa shape index (κ3) is 1.61. The van der Waals surface area contributed by atoms with Gasteiger partial charge in [0.15, 0.2) is 0 Å². The molecule has 3 nitrogen and oxygen atoms in total. The number of nitrogens with zero attached hydrogens (tertiary/aromatic N) is 3. The number of aromatic nitrogens is 2. The molecule has 1 radical (unpaired) electrons. The van der Waals surface area contributed by atoms with Crippen molar-refractivity contribution in [2.45, 2.75) is 0 Å². The van der Waals surface area contributed by atoms with Crippen LogP contribution in [0.3, 0.4) is 0 Å². The topological polar surface area (TPSA) is 38.1 Å². The van der Waals surface area contributed by atoms with Crippen molar-refractivity contribution >= 4 is 48.0 Å². The van der Waals surface area contributed by atoms with Crippen LogP contribution >= 0.6 is 22.7 Å². The Morgan fingerprint density at radius 1 is 1.00 bits per heavy atom. The van der Waals surface area contributed by atoms with Crippen LogP contribution in [-0.4, -0.2) is 24.1 Å². The number of hydrogen-bond donors (Lipinski definition) is 0. The number of thiazole rings is 2. The summed E-state index contributed by atoms with van der Waals surface area (Å²) in [4.78, 5) is 12.9. The van der Waals surface area contributed by atoms with Crippen LogP contribution in [0.15, 0.2) is 28.0 Å². The molecule has 0 saturated heterocycles. The Balaban J connectivity index is 2.11. The molecule has 0 fully saturated rings. The molecule has 0 saturated carbocycles. The van der Waals surface area contributed by atoms with Gasteiger partial charge in [-0.1, -0.05) is 0 Å². The van der Waals surface area contributed by atoms with Crippen LogP contribution in [0.4, 0.5) is 0 Å². The second kappa shape index (κ2) is 3.83. The first kappa shape index (κ1) is 9.18. The van der Waals surface area contributed by atoms with Crippen molar-refractivity contribution in [3.8, 4) is 0 Å². The summed E-state index contributed by atoms with van der Waals surface area (Å²) in [6.07, 6.45) is 3.60. The second-order valence-electron chi connectivity index (χ2n) is 2.88. The van der Waals surface area contributed by atoms with Crippen molar-refractivity contribution in [2.75, 3.05) is 0 Å². The Kier molecular flexibility index (Phi) is 2.34. The van der Waals surface area contributed by atoms with Crippen molar-refractivity contribution in [1.82, 2.24) is 9.97 Å². The third-order valence-corrected chi connectivity index (χ3v) is 3.58. The maximum atomic E-state index is 4.33. The molecule has 2 aromatic rings. The van der Waals surface area contributed by atoms with Gasteiger partial charge in [-0.15, -0.1) is 0 Å². The molecule has 0 aliphatic carbocycles. The van der Waals surface area contributed by atoms with E-state index >= 15 is 0 Å². The molecule has 0 N–H and O–H groups in total. The summed E-state index contributed by atoms with van der Waals surface area (Å²) in [5, 5.41) is 5.87. The van der Waals surface area contributed by atoms with Gasteiger partial charge in [-0.25, -0.2) is 0 Å². The molecule has 0 atom stereocenters. The van der Waals surface area contributed by atoms with E-state index < -0.39 is 0 Å². The SMILES string of the molecule is [B]1B=NC(c2nccs2)=C1c1nccs1. The normalized spacial score (nSPS) is 14.1. The van der Waals surface area contributed by atoms with Crippen LogP contribution in [0, 0.1) is 0 Å². The molecule has 15 heavy (non-hydrogen) atoms. The molecule has 0 bridgehead atoms. The monoisotopic (exact) mass is 228 g/mol. The van der Waals surface area contributed by atoms with Gasteiger partial charge in [-0.05, 0) is 0 Å². The van der Waals surface area contributed by atoms with E-state index in [9.17, 15) is 0 Å². The average Bonchev–Trinajstić information content (AvgIpc) is 3.01. The number of rotatable bonds is 2. The summed E-state index contributed by atoms with van der Waals surface area (Å²) < 4.78 is 0. The van der Waals surface area contributed by atoms with Gasteiger partial charge in [0.05, 0.1) is 0 Å². The summed E-state index contributed by atoms with van der Waals surface area (Å²) in [7, 11) is 1.98. The maximum absolute atomic E-state index is 4.33. The minimum absolute atomic E-state index is 0.931. The average molecular weight is 228 g/mol. The van der Waals surface area contributed by atoms with Crippen LogP contribution in [-0.2, 0) is 0 Å². The molecule has 1 aliphatic rings. The molecule has 0 unspecified atom stereocenters. The van der Waals surface area contributed by atoms with Gasteiger partial charge in [0.2, 0.25) is 0 Å². The fourth-order valence-electron chi connectivity index (χ4n) is 1.37. The first-order chi connectivity index (χ1) is 7.45. The van der Waals surface area contributed by atoms with Crippen LogP contribution < -0.4 is 0 Å². The van der Waals surface area contributed by atoms with Crippen molar-refractivity contribution in [2.24, 2.45) is 4.90 Å². The second-order valence-corrected chi connectivity index (χ2v) is 4.67. The zero-order valence-electron chi connectivity index (χ0n) is 7.62. The molecule has 2 aromatic heterocycles. The Hall–Kier alpha value is -1.07. The molecule has 0 aromatic carbocycles. The molecule has 1 aliphatic heterocycles. The van der Waals surface area contributed by atoms with E-state index in [0.29, 0.717) is 0 Å². The van der Waals surface area contributed by atoms with Crippen LogP contribution in [0.25, 0.3) is 11.2 Å². The third-order valence-electron chi connectivity index (χ3n) is 2.00. The van der Waals surface area contributed by atoms with E-state index in [1.165, 1.54) is 0 Å². The fraction of sp³-hybridized carbons (Fsp3) is 0. The Bertz CT molecular complexity index is 516. The number of hydrogen-bond acceptors (Lipinski definition) is 5. The molecule has 3 heterocycles. The van der Waals surface area contributed by atoms with Crippen molar-refractivity contribution in [3.63, 3.8) is 0 Å². The van der Waals surface area contributed by atoms with Crippen molar-refractivity contribution in [3.05, 3.63) is 33.2 Å². The first-order valence-corrected chi connectivity index (χ1v) is 6.12. The summed E-state index contributed by atoms with van der Waals surface area (Å²) in [6.45, 7) is 1.80. The zero-order valence-corrected chi connectivity index (χ0v) is 9.26. The standard InChI is InChI=1S/C8H4B2N3S2/c1-3-14-7(11-1)5-6(13-10-9-5)8-12-2-4-15-8/h1-4H. The molecule has 0 spiro atoms. The Morgan fingerprint density at radius 3 is 2.40 bits per heavy atom. The summed E-state index contributed by atoms with van der Waals surface area (Å²) >= 11 is 3.21. The van der Waals surface area contributed by atoms with E-state index in [1.807, 2.05) is 17.9 Å². The van der Waals surface area contributed by atoms with Gasteiger partial charge >= 0.3 is 96.0 Å². The predicted octanol–water partition coefficient (Wildman–Crippen LogP) is 1.95. The van der Waals surface area contributed by atoms with Gasteiger partial charge in [0.25, 0.3) is 0 Å². The van der Waals surface area contributed by atoms with Crippen LogP contribution in [0.2, 0.25) is 0 Å². The van der Waals surface area contributed by atoms with Gasteiger partial charge in [-0.2, -0.15) is 0 Å². The zero-order chi connectivity index (χ0) is 10.1. The van der Waals surface area contributed by atoms with E-state index in [4.69, 9.17) is 0 Å². The Morgan fingerprint density at radius 2 is 1.73 bits per heavy atom. The van der Waals surface area contributed by atoms with Gasteiger partial charge in [0, 0.05) is 0 Å². The molecular formula is C8H4B2N3S2. The van der Waals surface area contributed by atoms with Gasteiger partial charge in [-0.3, -0.25) is 0 Å². The van der Waals surface area contributed by atoms with Crippen LogP contribution in [0.5, 0.6) is 0 Å². The van der Waals surface area contributed by atoms with E-state index in [0.717, 1.165) is 21.2 Å². The molecule has 0 amide bonds. The van der Waals surface area contributed by atoms with Crippen molar-refractivity contribution < 1.29 is 0 Å². The van der Waals surface area contributed by atoms with Gasteiger partial charge < -0.3 is 0 Å². The first-order valence-electron chi connectivity index (χ1n) is 4.36. The van der Waals surface area contributed by atoms with E-state index in [2.05, 4.69) is 14.9 Å². The molecule has 69 valence electrons. The molecule has 7 heteroatoms. The molecular weight excluding hydrogens is 224 g/mol.